The van der Waals surface area contributed by atoms with Crippen molar-refractivity contribution in [1.29, 1.82) is 0 Å². The maximum absolute atomic E-state index is 13.5. The van der Waals surface area contributed by atoms with E-state index in [1.165, 1.54) is 27.5 Å². The third-order valence-corrected chi connectivity index (χ3v) is 4.35. The summed E-state index contributed by atoms with van der Waals surface area (Å²) in [6.45, 7) is 6.66. The largest absolute Gasteiger partial charge is 0.306 e. The van der Waals surface area contributed by atoms with Gasteiger partial charge < -0.3 is 5.32 Å². The fraction of sp³-hybridized carbons (Fsp3) is 0.333. The summed E-state index contributed by atoms with van der Waals surface area (Å²) in [7, 11) is 0. The third kappa shape index (κ3) is 3.65. The van der Waals surface area contributed by atoms with Crippen molar-refractivity contribution in [3.63, 3.8) is 0 Å². The lowest BCUT2D eigenvalue weighted by Gasteiger charge is -2.14. The van der Waals surface area contributed by atoms with Gasteiger partial charge in [0.15, 0.2) is 0 Å². The van der Waals surface area contributed by atoms with Gasteiger partial charge in [0.05, 0.1) is 4.92 Å². The van der Waals surface area contributed by atoms with Crippen molar-refractivity contribution in [1.82, 2.24) is 5.32 Å². The summed E-state index contributed by atoms with van der Waals surface area (Å²) < 4.78 is 13.5. The van der Waals surface area contributed by atoms with Crippen molar-refractivity contribution >= 4 is 17.0 Å². The van der Waals surface area contributed by atoms with Crippen LogP contribution in [0.15, 0.2) is 24.3 Å². The lowest BCUT2D eigenvalue weighted by Crippen LogP contribution is -2.18. The van der Waals surface area contributed by atoms with Crippen molar-refractivity contribution in [3.8, 4) is 0 Å². The molecule has 1 atom stereocenters. The van der Waals surface area contributed by atoms with Crippen LogP contribution in [0.1, 0.15) is 33.8 Å². The van der Waals surface area contributed by atoms with E-state index in [9.17, 15) is 14.5 Å². The van der Waals surface area contributed by atoms with E-state index >= 15 is 0 Å². The maximum Gasteiger partial charge on any atom is 0.304 e. The monoisotopic (exact) mass is 308 g/mol. The Labute approximate surface area is 126 Å². The molecule has 1 unspecified atom stereocenters. The minimum absolute atomic E-state index is 0.146. The van der Waals surface area contributed by atoms with Gasteiger partial charge >= 0.3 is 5.69 Å². The minimum Gasteiger partial charge on any atom is -0.306 e. The van der Waals surface area contributed by atoms with E-state index in [0.29, 0.717) is 12.1 Å². The summed E-state index contributed by atoms with van der Waals surface area (Å²) >= 11 is 1.75. The first-order valence-electron chi connectivity index (χ1n) is 6.61. The standard InChI is InChI=1S/C15H17FN2O2S/c1-9-6-13(11(3)21-9)10(2)17-8-12-4-5-15(18(19)20)14(16)7-12/h4-7,10,17H,8H2,1-3H3. The molecule has 1 heterocycles. The van der Waals surface area contributed by atoms with E-state index in [1.54, 1.807) is 17.4 Å². The molecule has 0 bridgehead atoms. The van der Waals surface area contributed by atoms with Crippen LogP contribution in [0.2, 0.25) is 0 Å². The second-order valence-corrected chi connectivity index (χ2v) is 6.47. The molecule has 2 aromatic rings. The van der Waals surface area contributed by atoms with Crippen LogP contribution in [0.4, 0.5) is 10.1 Å². The van der Waals surface area contributed by atoms with Crippen molar-refractivity contribution in [2.24, 2.45) is 0 Å². The molecule has 1 aromatic heterocycles. The number of hydrogen-bond acceptors (Lipinski definition) is 4. The second kappa shape index (κ2) is 6.32. The Morgan fingerprint density at radius 3 is 2.62 bits per heavy atom. The lowest BCUT2D eigenvalue weighted by molar-refractivity contribution is -0.387. The Bertz CT molecular complexity index is 670. The molecule has 0 saturated heterocycles. The number of aryl methyl sites for hydroxylation is 2. The second-order valence-electron chi connectivity index (χ2n) is 5.01. The number of nitrogens with one attached hydrogen (secondary N) is 1. The first kappa shape index (κ1) is 15.6. The fourth-order valence-corrected chi connectivity index (χ4v) is 3.29. The molecule has 4 nitrogen and oxygen atoms in total. The van der Waals surface area contributed by atoms with Crippen molar-refractivity contribution in [2.45, 2.75) is 33.4 Å². The zero-order valence-electron chi connectivity index (χ0n) is 12.1. The summed E-state index contributed by atoms with van der Waals surface area (Å²) in [4.78, 5) is 12.4. The fourth-order valence-electron chi connectivity index (χ4n) is 2.27. The molecule has 21 heavy (non-hydrogen) atoms. The summed E-state index contributed by atoms with van der Waals surface area (Å²) in [6, 6.07) is 6.29. The average molecular weight is 308 g/mol. The number of rotatable bonds is 5. The third-order valence-electron chi connectivity index (χ3n) is 3.37. The number of nitro groups is 1. The normalized spacial score (nSPS) is 12.4. The molecule has 6 heteroatoms. The quantitative estimate of drug-likeness (QED) is 0.663. The van der Waals surface area contributed by atoms with Gasteiger partial charge in [-0.1, -0.05) is 6.07 Å². The van der Waals surface area contributed by atoms with E-state index in [0.717, 1.165) is 0 Å². The van der Waals surface area contributed by atoms with E-state index in [1.807, 2.05) is 0 Å². The van der Waals surface area contributed by atoms with Crippen LogP contribution in [0.5, 0.6) is 0 Å². The van der Waals surface area contributed by atoms with Crippen LogP contribution < -0.4 is 5.32 Å². The Morgan fingerprint density at radius 1 is 1.38 bits per heavy atom. The first-order valence-corrected chi connectivity index (χ1v) is 7.43. The highest BCUT2D eigenvalue weighted by molar-refractivity contribution is 7.12. The Hall–Kier alpha value is -1.79. The highest BCUT2D eigenvalue weighted by Gasteiger charge is 2.15. The van der Waals surface area contributed by atoms with Gasteiger partial charge in [0.25, 0.3) is 0 Å². The summed E-state index contributed by atoms with van der Waals surface area (Å²) in [6.07, 6.45) is 0. The summed E-state index contributed by atoms with van der Waals surface area (Å²) in [5, 5.41) is 13.9. The molecule has 0 aliphatic rings. The Balaban J connectivity index is 2.04. The van der Waals surface area contributed by atoms with Gasteiger partial charge in [0, 0.05) is 28.4 Å². The van der Waals surface area contributed by atoms with E-state index in [-0.39, 0.29) is 6.04 Å². The predicted molar refractivity (Wildman–Crippen MR) is 82.1 cm³/mol. The number of hydrogen-bond donors (Lipinski definition) is 1. The van der Waals surface area contributed by atoms with Crippen LogP contribution >= 0.6 is 11.3 Å². The number of thiophene rings is 1. The van der Waals surface area contributed by atoms with Crippen molar-refractivity contribution < 1.29 is 9.31 Å². The molecule has 0 aliphatic heterocycles. The molecule has 0 spiro atoms. The topological polar surface area (TPSA) is 55.2 Å². The van der Waals surface area contributed by atoms with E-state index < -0.39 is 16.4 Å². The smallest absolute Gasteiger partial charge is 0.304 e. The Kier molecular flexibility index (Phi) is 4.69. The highest BCUT2D eigenvalue weighted by Crippen LogP contribution is 2.26. The lowest BCUT2D eigenvalue weighted by atomic mass is 10.1. The molecule has 1 aromatic carbocycles. The van der Waals surface area contributed by atoms with Crippen LogP contribution in [-0.2, 0) is 6.54 Å². The van der Waals surface area contributed by atoms with Gasteiger partial charge in [-0.3, -0.25) is 10.1 Å². The minimum atomic E-state index is -0.797. The number of halogens is 1. The van der Waals surface area contributed by atoms with E-state index in [4.69, 9.17) is 0 Å². The summed E-state index contributed by atoms with van der Waals surface area (Å²) in [5.74, 6) is -0.797. The van der Waals surface area contributed by atoms with Crippen molar-refractivity contribution in [3.05, 3.63) is 61.1 Å². The van der Waals surface area contributed by atoms with Gasteiger partial charge in [-0.25, -0.2) is 0 Å². The summed E-state index contributed by atoms with van der Waals surface area (Å²) in [5.41, 5.74) is 1.44. The molecule has 0 aliphatic carbocycles. The van der Waals surface area contributed by atoms with Gasteiger partial charge in [0.2, 0.25) is 5.82 Å². The van der Waals surface area contributed by atoms with Crippen LogP contribution in [0.25, 0.3) is 0 Å². The van der Waals surface area contributed by atoms with E-state index in [2.05, 4.69) is 32.2 Å². The SMILES string of the molecule is Cc1cc(C(C)NCc2ccc([N+](=O)[O-])c(F)c2)c(C)s1. The van der Waals surface area contributed by atoms with Gasteiger partial charge in [-0.2, -0.15) is 4.39 Å². The molecule has 0 fully saturated rings. The van der Waals surface area contributed by atoms with Crippen LogP contribution in [0.3, 0.4) is 0 Å². The zero-order valence-corrected chi connectivity index (χ0v) is 13.0. The maximum atomic E-state index is 13.5. The van der Waals surface area contributed by atoms with Crippen molar-refractivity contribution in [2.75, 3.05) is 0 Å². The molecule has 0 radical (unpaired) electrons. The number of nitro benzene ring substituents is 1. The van der Waals surface area contributed by atoms with Gasteiger partial charge in [-0.05, 0) is 44.0 Å². The molecule has 1 N–H and O–H groups in total. The van der Waals surface area contributed by atoms with Crippen LogP contribution in [0, 0.1) is 29.8 Å². The zero-order chi connectivity index (χ0) is 15.6. The number of benzene rings is 1. The van der Waals surface area contributed by atoms with Gasteiger partial charge in [-0.15, -0.1) is 11.3 Å². The molecule has 2 rings (SSSR count). The first-order chi connectivity index (χ1) is 9.88. The molecule has 0 saturated carbocycles. The van der Waals surface area contributed by atoms with Gasteiger partial charge in [0.1, 0.15) is 0 Å². The Morgan fingerprint density at radius 2 is 2.10 bits per heavy atom. The molecule has 0 amide bonds. The molecular weight excluding hydrogens is 291 g/mol. The molecule has 112 valence electrons. The van der Waals surface area contributed by atoms with Crippen LogP contribution in [-0.4, -0.2) is 4.92 Å². The predicted octanol–water partition coefficient (Wildman–Crippen LogP) is 4.26. The number of nitrogens with zero attached hydrogens (tertiary/aromatic N) is 1. The molecular formula is C15H17FN2O2S. The highest BCUT2D eigenvalue weighted by atomic mass is 32.1. The average Bonchev–Trinajstić information content (AvgIpc) is 2.74.